The number of unbranched alkanes of at least 4 members (excludes halogenated alkanes) is 1. The van der Waals surface area contributed by atoms with Gasteiger partial charge in [-0.3, -0.25) is 57.5 Å². The van der Waals surface area contributed by atoms with Crippen molar-refractivity contribution in [3.63, 3.8) is 0 Å². The number of nitrogens with one attached hydrogen (secondary N) is 10. The van der Waals surface area contributed by atoms with Gasteiger partial charge >= 0.3 is 11.8 Å². The third-order valence-electron chi connectivity index (χ3n) is 14.8. The minimum atomic E-state index is -1.31. The van der Waals surface area contributed by atoms with Gasteiger partial charge in [-0.15, -0.1) is 10.2 Å². The maximum Gasteiger partial charge on any atom is 0.313 e. The van der Waals surface area contributed by atoms with E-state index in [2.05, 4.69) is 63.4 Å². The van der Waals surface area contributed by atoms with Crippen LogP contribution in [0.25, 0.3) is 0 Å². The molecule has 0 radical (unpaired) electrons. The second-order valence-electron chi connectivity index (χ2n) is 23.9. The van der Waals surface area contributed by atoms with Crippen molar-refractivity contribution in [1.82, 2.24) is 47.9 Å². The van der Waals surface area contributed by atoms with E-state index in [0.717, 1.165) is 6.07 Å². The van der Waals surface area contributed by atoms with Gasteiger partial charge < -0.3 is 75.1 Å². The van der Waals surface area contributed by atoms with E-state index < -0.39 is 131 Å². The number of fused-ring (bicyclic) bond motifs is 2. The molecule has 28 heteroatoms. The van der Waals surface area contributed by atoms with E-state index in [-0.39, 0.29) is 99.7 Å². The average molecular weight is 1280 g/mol. The summed E-state index contributed by atoms with van der Waals surface area (Å²) >= 11 is 0. The molecule has 0 aliphatic carbocycles. The molecule has 0 saturated carbocycles. The van der Waals surface area contributed by atoms with E-state index in [0.29, 0.717) is 30.5 Å². The van der Waals surface area contributed by atoms with Gasteiger partial charge in [-0.25, -0.2) is 0 Å². The monoisotopic (exact) mass is 1280 g/mol. The van der Waals surface area contributed by atoms with E-state index >= 15 is 0 Å². The van der Waals surface area contributed by atoms with Gasteiger partial charge in [0, 0.05) is 31.6 Å². The van der Waals surface area contributed by atoms with Crippen molar-refractivity contribution < 1.29 is 62.3 Å². The maximum atomic E-state index is 14.6. The van der Waals surface area contributed by atoms with E-state index in [1.165, 1.54) is 26.2 Å². The Morgan fingerprint density at radius 1 is 0.522 bits per heavy atom. The zero-order valence-electron chi connectivity index (χ0n) is 53.8. The second-order valence-corrected chi connectivity index (χ2v) is 23.9. The van der Waals surface area contributed by atoms with Gasteiger partial charge in [0.2, 0.25) is 47.3 Å². The van der Waals surface area contributed by atoms with Crippen LogP contribution < -0.4 is 75.1 Å². The number of hydrogen-bond donors (Lipinski definition) is 13. The second kappa shape index (κ2) is 38.6. The van der Waals surface area contributed by atoms with Crippen LogP contribution in [0.2, 0.25) is 0 Å². The minimum Gasteiger partial charge on any atom is -0.496 e. The highest BCUT2D eigenvalue weighted by molar-refractivity contribution is 6.40. The summed E-state index contributed by atoms with van der Waals surface area (Å²) in [5, 5.41) is 33.7. The number of carbonyl (C=O) groups is 12. The molecule has 0 spiro atoms. The fraction of sp³-hybridized carbons (Fsp3) is 0.531. The number of methoxy groups -OCH3 is 1. The van der Waals surface area contributed by atoms with Crippen molar-refractivity contribution in [1.29, 1.82) is 0 Å². The van der Waals surface area contributed by atoms with Crippen molar-refractivity contribution in [2.24, 2.45) is 45.2 Å². The lowest BCUT2D eigenvalue weighted by Gasteiger charge is -2.29. The number of ether oxygens (including phenoxy) is 1. The standard InChI is InChI=1S/C64H93N15O13/c1-36(2)31-47-59(86)72-46(25-15-16-28-65)57(84)69-30-17-23-44(66)55(82)73-48(32-37(3)4)61(88)77-52(38(5)6)62(89)75-50(34-41-21-13-10-14-22-41)60(87)74-49(33-40-19-11-9-12-20-40)58(85)70-39(7)53(80)68-29-18-24-45(67)56(83)79-78-54(81)43-35-42(26-27-51(43)92-8)71-63(90)64(91)76-47/h9-14,19-22,26-27,35-39,44-50,52H,15-18,23-25,28-34,65-67H2,1-8H3,(H,68,80)(H,69,84)(H,70,85)(H,71,90)(H,72,86)(H,73,82)(H,74,87)(H,75,89)(H,76,91)(H,77,88)/t39-,44-,45-,46-,47-,48-,49-,50-,52-/m0/s1. The van der Waals surface area contributed by atoms with Crippen LogP contribution in [0, 0.1) is 17.8 Å². The van der Waals surface area contributed by atoms with Gasteiger partial charge in [-0.2, -0.15) is 0 Å². The van der Waals surface area contributed by atoms with Crippen molar-refractivity contribution in [2.75, 3.05) is 32.1 Å². The van der Waals surface area contributed by atoms with E-state index in [1.54, 1.807) is 88.4 Å². The Balaban J connectivity index is 1.66. The highest BCUT2D eigenvalue weighted by Crippen LogP contribution is 2.24. The number of nitrogens with two attached hydrogens (primary N) is 3. The number of rotatable bonds is 14. The van der Waals surface area contributed by atoms with E-state index in [4.69, 9.17) is 21.9 Å². The van der Waals surface area contributed by atoms with Gasteiger partial charge in [0.1, 0.15) is 48.0 Å². The third-order valence-corrected chi connectivity index (χ3v) is 14.8. The molecule has 502 valence electrons. The molecule has 92 heavy (non-hydrogen) atoms. The van der Waals surface area contributed by atoms with Crippen molar-refractivity contribution in [3.8, 4) is 5.75 Å². The van der Waals surface area contributed by atoms with Gasteiger partial charge in [0.25, 0.3) is 11.8 Å². The SMILES string of the molecule is COc1ccc2cc1C(=O)N=NC(=O)[C@@H](N)CCCNC(=O)[C@H](C)NC(=O)[C@H](Cc1ccccc1)NC(=O)[C@H](Cc1ccccc1)NC(=O)[C@H](C(C)C)NC(=O)[C@H](CC(C)C)NC(=O)[C@@H](N)CCCNC(=O)[C@H](CCCCN)NC(=O)[C@H](CC(C)C)NC(=O)C(=O)N2. The first-order valence-corrected chi connectivity index (χ1v) is 31.2. The Hall–Kier alpha value is -9.02. The summed E-state index contributed by atoms with van der Waals surface area (Å²) < 4.78 is 5.30. The highest BCUT2D eigenvalue weighted by atomic mass is 16.5. The molecule has 0 unspecified atom stereocenters. The number of hydrogen-bond acceptors (Lipinski definition) is 16. The molecule has 0 fully saturated rings. The smallest absolute Gasteiger partial charge is 0.313 e. The molecule has 0 saturated heterocycles. The first-order valence-electron chi connectivity index (χ1n) is 31.2. The van der Waals surface area contributed by atoms with Gasteiger partial charge in [-0.05, 0) is 118 Å². The topological polar surface area (TPSA) is 437 Å². The number of nitrogens with zero attached hydrogens (tertiary/aromatic N) is 2. The molecule has 0 aromatic heterocycles. The van der Waals surface area contributed by atoms with Crippen LogP contribution >= 0.6 is 0 Å². The molecule has 1 aliphatic rings. The molecule has 1 heterocycles. The van der Waals surface area contributed by atoms with Crippen LogP contribution in [0.15, 0.2) is 89.1 Å². The van der Waals surface area contributed by atoms with E-state index in [1.807, 2.05) is 13.8 Å². The molecule has 4 rings (SSSR count). The molecule has 16 N–H and O–H groups in total. The lowest BCUT2D eigenvalue weighted by Crippen LogP contribution is -2.61. The number of benzene rings is 3. The number of azo groups is 1. The molecule has 9 atom stereocenters. The van der Waals surface area contributed by atoms with Crippen LogP contribution in [0.3, 0.4) is 0 Å². The maximum absolute atomic E-state index is 14.6. The number of carbonyl (C=O) groups excluding carboxylic acids is 12. The summed E-state index contributed by atoms with van der Waals surface area (Å²) in [5.41, 5.74) is 19.2. The van der Waals surface area contributed by atoms with Crippen molar-refractivity contribution >= 4 is 76.6 Å². The summed E-state index contributed by atoms with van der Waals surface area (Å²) in [6, 6.07) is 10.3. The number of anilines is 1. The first-order chi connectivity index (χ1) is 43.7. The molecule has 12 amide bonds. The predicted molar refractivity (Wildman–Crippen MR) is 342 cm³/mol. The van der Waals surface area contributed by atoms with E-state index in [9.17, 15) is 57.5 Å². The van der Waals surface area contributed by atoms with Crippen LogP contribution in [-0.4, -0.2) is 152 Å². The molecular formula is C64H93N15O13. The Bertz CT molecular complexity index is 3040. The Morgan fingerprint density at radius 2 is 1.02 bits per heavy atom. The zero-order valence-corrected chi connectivity index (χ0v) is 53.8. The molecule has 28 nitrogen and oxygen atoms in total. The first kappa shape index (κ1) is 75.4. The summed E-state index contributed by atoms with van der Waals surface area (Å²) in [4.78, 5) is 165. The summed E-state index contributed by atoms with van der Waals surface area (Å²) in [6.45, 7) is 12.3. The van der Waals surface area contributed by atoms with Crippen LogP contribution in [0.4, 0.5) is 5.69 Å². The third kappa shape index (κ3) is 25.7. The molecular weight excluding hydrogens is 1190 g/mol. The highest BCUT2D eigenvalue weighted by Gasteiger charge is 2.35. The Morgan fingerprint density at radius 3 is 1.58 bits per heavy atom. The lowest BCUT2D eigenvalue weighted by molar-refractivity contribution is -0.138. The zero-order chi connectivity index (χ0) is 68.0. The lowest BCUT2D eigenvalue weighted by atomic mass is 9.98. The molecule has 3 aromatic carbocycles. The summed E-state index contributed by atoms with van der Waals surface area (Å²) in [7, 11) is 1.25. The van der Waals surface area contributed by atoms with Crippen LogP contribution in [-0.2, 0) is 65.6 Å². The Labute approximate surface area is 536 Å². The van der Waals surface area contributed by atoms with Crippen LogP contribution in [0.5, 0.6) is 5.75 Å². The van der Waals surface area contributed by atoms with Gasteiger partial charge in [-0.1, -0.05) is 102 Å². The van der Waals surface area contributed by atoms with Gasteiger partial charge in [0.15, 0.2) is 0 Å². The Kier molecular flexibility index (Phi) is 31.7. The number of amides is 12. The van der Waals surface area contributed by atoms with Crippen LogP contribution in [0.1, 0.15) is 128 Å². The fourth-order valence-corrected chi connectivity index (χ4v) is 9.72. The predicted octanol–water partition coefficient (Wildman–Crippen LogP) is 0.990. The quantitative estimate of drug-likeness (QED) is 0.0791. The largest absolute Gasteiger partial charge is 0.496 e. The normalized spacial score (nSPS) is 23.7. The molecule has 2 bridgehead atoms. The average Bonchev–Trinajstić information content (AvgIpc) is 1.04. The van der Waals surface area contributed by atoms with Crippen molar-refractivity contribution in [3.05, 3.63) is 95.6 Å². The minimum absolute atomic E-state index is 0.00636. The van der Waals surface area contributed by atoms with Crippen molar-refractivity contribution in [2.45, 2.75) is 173 Å². The summed E-state index contributed by atoms with van der Waals surface area (Å²) in [5.74, 6) is -11.0. The molecule has 3 aromatic rings. The van der Waals surface area contributed by atoms with Gasteiger partial charge in [0.05, 0.1) is 24.8 Å². The fourth-order valence-electron chi connectivity index (χ4n) is 9.72. The molecule has 1 aliphatic heterocycles. The summed E-state index contributed by atoms with van der Waals surface area (Å²) in [6.07, 6.45) is 1.52.